The van der Waals surface area contributed by atoms with Gasteiger partial charge in [0.15, 0.2) is 38.5 Å². The molecule has 43 nitrogen and oxygen atoms in total. The Morgan fingerprint density at radius 1 is 0.419 bits per heavy atom. The Morgan fingerprint density at radius 3 is 0.853 bits per heavy atom. The molecule has 2 amide bonds. The molecular formula is C82H164Cl4F2N13O30P4S+. The second kappa shape index (κ2) is 58.0. The Morgan fingerprint density at radius 2 is 0.640 bits per heavy atom. The molecule has 136 heavy (non-hydrogen) atoms. The summed E-state index contributed by atoms with van der Waals surface area (Å²) in [5.74, 6) is 9.75. The fourth-order valence-corrected chi connectivity index (χ4v) is 26.7. The van der Waals surface area contributed by atoms with Crippen molar-refractivity contribution in [3.63, 3.8) is 0 Å². The zero-order valence-corrected chi connectivity index (χ0v) is 84.7. The quantitative estimate of drug-likeness (QED) is 0.0225. The fourth-order valence-electron chi connectivity index (χ4n) is 24.8. The van der Waals surface area contributed by atoms with Crippen LogP contribution in [0.3, 0.4) is 0 Å². The van der Waals surface area contributed by atoms with E-state index in [2.05, 4.69) is 59.4 Å². The highest BCUT2D eigenvalue weighted by atomic mass is 35.6. The van der Waals surface area contributed by atoms with Crippen LogP contribution in [-0.4, -0.2) is 358 Å². The van der Waals surface area contributed by atoms with E-state index < -0.39 is 208 Å². The van der Waals surface area contributed by atoms with Crippen LogP contribution in [0.1, 0.15) is 163 Å². The van der Waals surface area contributed by atoms with Crippen molar-refractivity contribution in [2.24, 2.45) is 116 Å². The first-order valence-corrected chi connectivity index (χ1v) is 56.2. The predicted octanol–water partition coefficient (Wildman–Crippen LogP) is -1.02. The van der Waals surface area contributed by atoms with Crippen molar-refractivity contribution in [1.82, 2.24) is 46.6 Å². The molecular weight excluding hydrogens is 1980 g/mol. The number of amides is 2. The van der Waals surface area contributed by atoms with E-state index in [0.29, 0.717) is 23.9 Å². The number of alkyl halides is 6. The van der Waals surface area contributed by atoms with Gasteiger partial charge < -0.3 is 158 Å². The van der Waals surface area contributed by atoms with Crippen LogP contribution in [-0.2, 0) is 46.8 Å². The standard InChI is InChI=1S/C13H24NOP.2C11H20NO3P.C11H19N.C9H17FN2O6.2C7H16N2O5.C6H13NO5.C3H7FN2OS.C2H6OP.CCl4.CH4.H2/c1-16(2,15)14-9-13-6-10-3-11(7-13)5-12(4-10)8-13;2*13-16(14,15)12-7-11-4-8-1-9(5-11)3-10(2-8)6-11;12-7-11-4-8-1-9(5-11)3-10(2-8)6-11;10-1-5(14)11-3-12-6-8(16)7(15)4(2-13)18-9(6)17;2*8-2-9-4-6(12)5(11)3(1-10)14-7(4)13;7-3-5(10)4(9)2(1-8)12-6(3)11;4-1-3(7)5-2-6-8;1-4(2)3;2-1(3,4)5;;/h10-12H,3-9H2,1-2H3,(H,14,15);2*8-10H,1-7H2,(H3,12,13,14,15);8-10H,1-7,12H2;4,6-9,12-13,15-17H,1-3H2,(H,11,14);2*3-7,9-13H,1-2,8H2;2-6,8-11H,1,7H2;6,8H,1-2H2,(H,5,7);1-2H3;;1H4;1H/q;;;;;;;;;+1;;;/t;;;;4-,6-,7+,8-,9?;2*3-,4-,5+,6-,7?;2-,3-,4+,5-,6?;;;;;/m....1111...../s1. The minimum absolute atomic E-state index is 0. The molecule has 0 radical (unpaired) electrons. The number of carbonyl (C=O) groups is 2. The van der Waals surface area contributed by atoms with Gasteiger partial charge in [-0.05, 0) is 253 Å². The normalized spacial score (nSPS) is 40.6. The highest BCUT2D eigenvalue weighted by Crippen LogP contribution is 2.64. The summed E-state index contributed by atoms with van der Waals surface area (Å²) in [6.45, 7) is 6.02. The van der Waals surface area contributed by atoms with E-state index in [1.807, 2.05) is 13.3 Å². The molecule has 4 saturated heterocycles. The lowest BCUT2D eigenvalue weighted by Gasteiger charge is -2.57. The van der Waals surface area contributed by atoms with Gasteiger partial charge in [-0.2, -0.15) is 0 Å². The Hall–Kier alpha value is -0.300. The topological polar surface area (TPSA) is 756 Å². The van der Waals surface area contributed by atoms with E-state index in [4.69, 9.17) is 133 Å². The minimum atomic E-state index is -4.04. The van der Waals surface area contributed by atoms with Crippen molar-refractivity contribution in [3.05, 3.63) is 0 Å². The second-order valence-electron chi connectivity index (χ2n) is 40.6. The zero-order valence-electron chi connectivity index (χ0n) is 77.2. The summed E-state index contributed by atoms with van der Waals surface area (Å²) in [7, 11) is -11.0. The molecule has 16 aliphatic carbocycles. The molecule has 0 aromatic heterocycles. The van der Waals surface area contributed by atoms with Gasteiger partial charge in [-0.15, -0.1) is 0 Å². The molecule has 4 heterocycles. The molecule has 0 aromatic carbocycles. The molecule has 20 rings (SSSR count). The number of ether oxygens (including phenoxy) is 4. The van der Waals surface area contributed by atoms with E-state index in [0.717, 1.165) is 84.1 Å². The summed E-state index contributed by atoms with van der Waals surface area (Å²) in [6.07, 6.45) is 13.4. The van der Waals surface area contributed by atoms with Crippen LogP contribution in [0.15, 0.2) is 0 Å². The molecule has 4 unspecified atom stereocenters. The number of hydrogen-bond acceptors (Lipinski definition) is 35. The summed E-state index contributed by atoms with van der Waals surface area (Å²) in [6, 6.07) is -3.80. The van der Waals surface area contributed by atoms with E-state index in [1.54, 1.807) is 13.3 Å². The number of aliphatic hydroxyl groups excluding tert-OH is 16. The summed E-state index contributed by atoms with van der Waals surface area (Å²) < 4.78 is 86.3. The largest absolute Gasteiger partial charge is 0.400 e. The lowest BCUT2D eigenvalue weighted by molar-refractivity contribution is -0.254. The monoisotopic (exact) mass is 2140 g/mol. The lowest BCUT2D eigenvalue weighted by atomic mass is 9.49. The Balaban J connectivity index is 0.000000319. The van der Waals surface area contributed by atoms with Crippen molar-refractivity contribution in [3.8, 4) is 0 Å². The van der Waals surface area contributed by atoms with Crippen LogP contribution in [0, 0.1) is 92.7 Å². The molecule has 804 valence electrons. The molecule has 20 aliphatic rings. The van der Waals surface area contributed by atoms with Gasteiger partial charge in [-0.3, -0.25) is 30.6 Å². The third kappa shape index (κ3) is 41.0. The van der Waals surface area contributed by atoms with Crippen molar-refractivity contribution in [1.29, 1.82) is 0 Å². The lowest BCUT2D eigenvalue weighted by Crippen LogP contribution is -2.64. The predicted molar refractivity (Wildman–Crippen MR) is 510 cm³/mol. The SMILES string of the molecule is C.CP(C)(=O)NCC12CC3CC(CC(C3)C1)C2.C[P+](C)=O.ClC(Cl)(Cl)Cl.NCC12CC3CC(CC(C3)C1)C2.NCN[C@H]1C(O)O[C@H](CO)[C@H](O)[C@@H]1O.NCN[C@H]1C(O)O[C@H](CO)[C@H](O)[C@@H]1O.N[C@H]1C(O)O[C@H](CO)[C@H](O)[C@@H]1O.O=C(CF)NCNS.O=C(CF)NCN[C@H]1C(O)O[C@H](CO)[C@H](O)[C@@H]1O.O=P(O)(O)NCC12CC3CC(CC(C3)C1)C2.O=P(O)(O)NCC12CC3CC(CC(C3)C1)C2.[HH]. The van der Waals surface area contributed by atoms with Gasteiger partial charge in [0.2, 0.25) is 0 Å². The van der Waals surface area contributed by atoms with Crippen LogP contribution in [0.25, 0.3) is 0 Å². The molecule has 16 saturated carbocycles. The number of halogens is 6. The second-order valence-corrected chi connectivity index (χ2v) is 51.8. The van der Waals surface area contributed by atoms with Crippen molar-refractivity contribution >= 4 is 102 Å². The Labute approximate surface area is 824 Å². The first-order chi connectivity index (χ1) is 63.0. The summed E-state index contributed by atoms with van der Waals surface area (Å²) >= 11 is 22.9. The molecule has 4 aliphatic heterocycles. The van der Waals surface area contributed by atoms with Gasteiger partial charge >= 0.3 is 23.3 Å². The molecule has 20 fully saturated rings. The highest BCUT2D eigenvalue weighted by Gasteiger charge is 2.56. The van der Waals surface area contributed by atoms with Crippen molar-refractivity contribution in [2.75, 3.05) is 119 Å². The molecule has 37 N–H and O–H groups in total. The number of nitrogens with one attached hydrogen (secondary N) is 9. The number of hydrogen-bond donors (Lipinski definition) is 34. The van der Waals surface area contributed by atoms with Gasteiger partial charge in [0.05, 0.1) is 63.9 Å². The van der Waals surface area contributed by atoms with Gasteiger partial charge in [0, 0.05) is 47.7 Å². The van der Waals surface area contributed by atoms with Gasteiger partial charge in [-0.25, -0.2) is 32.8 Å². The summed E-state index contributed by atoms with van der Waals surface area (Å²) in [5, 5.41) is 168. The highest BCUT2D eigenvalue weighted by molar-refractivity contribution is 7.78. The number of carbonyl (C=O) groups excluding carboxylic acids is 2. The Bertz CT molecular complexity index is 3330. The molecule has 0 aromatic rings. The van der Waals surface area contributed by atoms with Crippen LogP contribution in [0.2, 0.25) is 0 Å². The van der Waals surface area contributed by atoms with E-state index in [-0.39, 0.29) is 46.4 Å². The van der Waals surface area contributed by atoms with Crippen LogP contribution in [0.4, 0.5) is 8.78 Å². The van der Waals surface area contributed by atoms with Crippen LogP contribution >= 0.6 is 89.8 Å². The maximum atomic E-state index is 11.8. The first-order valence-electron chi connectivity index (χ1n) is 46.3. The third-order valence-electron chi connectivity index (χ3n) is 28.8. The summed E-state index contributed by atoms with van der Waals surface area (Å²) in [5.41, 5.74) is 23.1. The van der Waals surface area contributed by atoms with Crippen LogP contribution in [0.5, 0.6) is 0 Å². The van der Waals surface area contributed by atoms with Gasteiger partial charge in [0.1, 0.15) is 93.9 Å². The average Bonchev–Trinajstić information content (AvgIpc) is 0.761. The third-order valence-corrected chi connectivity index (χ3v) is 31.1. The van der Waals surface area contributed by atoms with E-state index in [1.165, 1.54) is 154 Å². The number of nitrogens with two attached hydrogens (primary N) is 4. The van der Waals surface area contributed by atoms with Crippen molar-refractivity contribution in [2.45, 2.75) is 287 Å². The van der Waals surface area contributed by atoms with Crippen molar-refractivity contribution < 1.29 is 158 Å². The van der Waals surface area contributed by atoms with E-state index in [9.17, 15) is 92.8 Å². The van der Waals surface area contributed by atoms with E-state index >= 15 is 0 Å². The molecule has 54 heteroatoms. The summed E-state index contributed by atoms with van der Waals surface area (Å²) in [4.78, 5) is 56.3. The first kappa shape index (κ1) is 126. The molecule has 20 atom stereocenters. The number of aliphatic hydroxyl groups is 16. The number of thiol groups is 1. The maximum absolute atomic E-state index is 11.8. The zero-order chi connectivity index (χ0) is 101. The average molecular weight is 2150 g/mol. The number of rotatable bonds is 25. The van der Waals surface area contributed by atoms with Gasteiger partial charge in [0.25, 0.3) is 15.1 Å². The Kier molecular flexibility index (Phi) is 53.8. The minimum Gasteiger partial charge on any atom is -0.394 e. The molecule has 0 spiro atoms. The van der Waals surface area contributed by atoms with Gasteiger partial charge in [-0.1, -0.05) is 71.2 Å². The smallest absolute Gasteiger partial charge is 0.394 e. The molecule has 16 bridgehead atoms. The maximum Gasteiger partial charge on any atom is 0.400 e. The van der Waals surface area contributed by atoms with Crippen LogP contribution < -0.4 is 69.5 Å². The fraction of sp³-hybridized carbons (Fsp3) is 0.976.